The van der Waals surface area contributed by atoms with Crippen LogP contribution in [0.5, 0.6) is 0 Å². The fourth-order valence-corrected chi connectivity index (χ4v) is 3.85. The smallest absolute Gasteiger partial charge is 0.326 e. The van der Waals surface area contributed by atoms with Crippen molar-refractivity contribution in [1.29, 1.82) is 0 Å². The minimum absolute atomic E-state index is 0.0306. The van der Waals surface area contributed by atoms with Gasteiger partial charge in [-0.25, -0.2) is 4.79 Å². The molecule has 6 nitrogen and oxygen atoms in total. The first-order valence-corrected chi connectivity index (χ1v) is 7.74. The van der Waals surface area contributed by atoms with Crippen LogP contribution in [0.1, 0.15) is 48.2 Å². The first-order valence-electron chi connectivity index (χ1n) is 7.74. The Morgan fingerprint density at radius 2 is 2.05 bits per heavy atom. The second-order valence-corrected chi connectivity index (χ2v) is 6.31. The molecule has 2 fully saturated rings. The van der Waals surface area contributed by atoms with E-state index < -0.39 is 17.9 Å². The summed E-state index contributed by atoms with van der Waals surface area (Å²) in [7, 11) is 0. The number of likely N-dealkylation sites (tertiary alicyclic amines) is 1. The number of H-pyrrole nitrogens is 1. The topological polar surface area (TPSA) is 90.5 Å². The molecule has 1 aromatic heterocycles. The summed E-state index contributed by atoms with van der Waals surface area (Å²) < 4.78 is 0. The molecule has 1 aromatic rings. The van der Waals surface area contributed by atoms with Crippen LogP contribution >= 0.6 is 0 Å². The van der Waals surface area contributed by atoms with E-state index in [9.17, 15) is 19.5 Å². The van der Waals surface area contributed by atoms with Crippen LogP contribution in [0.15, 0.2) is 17.1 Å². The molecule has 1 aliphatic carbocycles. The number of pyridine rings is 1. The van der Waals surface area contributed by atoms with Crippen LogP contribution in [-0.4, -0.2) is 39.0 Å². The Morgan fingerprint density at radius 3 is 2.73 bits per heavy atom. The molecule has 6 heteroatoms. The van der Waals surface area contributed by atoms with Crippen molar-refractivity contribution in [3.8, 4) is 0 Å². The van der Waals surface area contributed by atoms with Crippen LogP contribution in [-0.2, 0) is 4.79 Å². The van der Waals surface area contributed by atoms with Gasteiger partial charge in [0, 0.05) is 24.0 Å². The molecule has 1 aliphatic heterocycles. The molecule has 3 atom stereocenters. The predicted molar refractivity (Wildman–Crippen MR) is 79.8 cm³/mol. The number of rotatable bonds is 2. The van der Waals surface area contributed by atoms with Crippen LogP contribution in [0.25, 0.3) is 0 Å². The summed E-state index contributed by atoms with van der Waals surface area (Å²) in [6.07, 6.45) is 5.76. The van der Waals surface area contributed by atoms with E-state index in [1.54, 1.807) is 6.92 Å². The standard InChI is InChI=1S/C16H20N2O4/c1-9-6-14(19)11(8-17-9)15(20)18-12-5-3-2-4-10(12)7-13(18)16(21)22/h6,8,10,12-13H,2-5,7H2,1H3,(H,17,19)(H,21,22). The van der Waals surface area contributed by atoms with Crippen molar-refractivity contribution in [2.24, 2.45) is 5.92 Å². The lowest BCUT2D eigenvalue weighted by atomic mass is 9.84. The largest absolute Gasteiger partial charge is 0.480 e. The molecule has 0 radical (unpaired) electrons. The number of fused-ring (bicyclic) bond motifs is 1. The van der Waals surface area contributed by atoms with Crippen molar-refractivity contribution in [2.45, 2.75) is 51.1 Å². The quantitative estimate of drug-likeness (QED) is 0.867. The molecule has 2 aliphatic rings. The molecular formula is C16H20N2O4. The van der Waals surface area contributed by atoms with Crippen molar-refractivity contribution in [3.63, 3.8) is 0 Å². The fourth-order valence-electron chi connectivity index (χ4n) is 3.85. The first-order chi connectivity index (χ1) is 10.5. The number of aromatic nitrogens is 1. The summed E-state index contributed by atoms with van der Waals surface area (Å²) >= 11 is 0. The highest BCUT2D eigenvalue weighted by Crippen LogP contribution is 2.40. The monoisotopic (exact) mass is 304 g/mol. The maximum absolute atomic E-state index is 12.8. The van der Waals surface area contributed by atoms with E-state index in [4.69, 9.17) is 0 Å². The Balaban J connectivity index is 1.97. The Kier molecular flexibility index (Phi) is 3.76. The zero-order chi connectivity index (χ0) is 15.9. The molecule has 2 N–H and O–H groups in total. The maximum Gasteiger partial charge on any atom is 0.326 e. The predicted octanol–water partition coefficient (Wildman–Crippen LogP) is 1.54. The van der Waals surface area contributed by atoms with Gasteiger partial charge in [0.2, 0.25) is 0 Å². The van der Waals surface area contributed by atoms with Gasteiger partial charge in [0.05, 0.1) is 0 Å². The molecule has 0 spiro atoms. The molecule has 2 heterocycles. The van der Waals surface area contributed by atoms with E-state index in [0.717, 1.165) is 25.7 Å². The number of aromatic amines is 1. The van der Waals surface area contributed by atoms with Gasteiger partial charge in [-0.3, -0.25) is 9.59 Å². The fraction of sp³-hybridized carbons (Fsp3) is 0.562. The highest BCUT2D eigenvalue weighted by atomic mass is 16.4. The highest BCUT2D eigenvalue weighted by Gasteiger charge is 2.48. The van der Waals surface area contributed by atoms with E-state index in [2.05, 4.69) is 4.98 Å². The third kappa shape index (κ3) is 2.42. The third-order valence-corrected chi connectivity index (χ3v) is 4.90. The van der Waals surface area contributed by atoms with Crippen molar-refractivity contribution in [3.05, 3.63) is 33.7 Å². The van der Waals surface area contributed by atoms with Gasteiger partial charge >= 0.3 is 5.97 Å². The van der Waals surface area contributed by atoms with Crippen molar-refractivity contribution >= 4 is 11.9 Å². The number of carbonyl (C=O) groups is 2. The number of carboxylic acids is 1. The molecule has 1 saturated carbocycles. The summed E-state index contributed by atoms with van der Waals surface area (Å²) in [4.78, 5) is 40.7. The molecule has 118 valence electrons. The lowest BCUT2D eigenvalue weighted by molar-refractivity contribution is -0.141. The van der Waals surface area contributed by atoms with Gasteiger partial charge in [0.1, 0.15) is 11.6 Å². The molecule has 22 heavy (non-hydrogen) atoms. The van der Waals surface area contributed by atoms with Crippen molar-refractivity contribution in [1.82, 2.24) is 9.88 Å². The van der Waals surface area contributed by atoms with Crippen molar-refractivity contribution < 1.29 is 14.7 Å². The second kappa shape index (κ2) is 5.59. The minimum atomic E-state index is -0.980. The van der Waals surface area contributed by atoms with Gasteiger partial charge < -0.3 is 15.0 Å². The SMILES string of the molecule is Cc1cc(=O)c(C(=O)N2C(C(=O)O)CC3CCCCC32)c[nH]1. The Morgan fingerprint density at radius 1 is 1.32 bits per heavy atom. The van der Waals surface area contributed by atoms with E-state index in [1.807, 2.05) is 0 Å². The van der Waals surface area contributed by atoms with Gasteiger partial charge in [-0.05, 0) is 32.1 Å². The summed E-state index contributed by atoms with van der Waals surface area (Å²) in [5, 5.41) is 9.46. The molecule has 1 saturated heterocycles. The van der Waals surface area contributed by atoms with Crippen LogP contribution in [0, 0.1) is 12.8 Å². The van der Waals surface area contributed by atoms with Crippen LogP contribution in [0.2, 0.25) is 0 Å². The van der Waals surface area contributed by atoms with Gasteiger partial charge in [0.25, 0.3) is 5.91 Å². The summed E-state index contributed by atoms with van der Waals surface area (Å²) in [6.45, 7) is 1.74. The van der Waals surface area contributed by atoms with Crippen LogP contribution in [0.3, 0.4) is 0 Å². The molecule has 3 rings (SSSR count). The van der Waals surface area contributed by atoms with E-state index in [-0.39, 0.29) is 23.0 Å². The number of nitrogens with one attached hydrogen (secondary N) is 1. The number of carbonyl (C=O) groups excluding carboxylic acids is 1. The van der Waals surface area contributed by atoms with Gasteiger partial charge in [-0.1, -0.05) is 12.8 Å². The molecule has 0 aromatic carbocycles. The Hall–Kier alpha value is -2.11. The summed E-state index contributed by atoms with van der Waals surface area (Å²) in [5.74, 6) is -1.20. The molecule has 3 unspecified atom stereocenters. The molecular weight excluding hydrogens is 284 g/mol. The minimum Gasteiger partial charge on any atom is -0.480 e. The Labute approximate surface area is 128 Å². The van der Waals surface area contributed by atoms with E-state index in [1.165, 1.54) is 17.2 Å². The molecule has 1 amide bonds. The normalized spacial score (nSPS) is 27.5. The lowest BCUT2D eigenvalue weighted by Gasteiger charge is -2.32. The Bertz CT molecular complexity index is 666. The number of aryl methyl sites for hydroxylation is 1. The summed E-state index contributed by atoms with van der Waals surface area (Å²) in [6, 6.07) is 0.501. The number of carboxylic acid groups (broad SMARTS) is 1. The van der Waals surface area contributed by atoms with Gasteiger partial charge in [0.15, 0.2) is 5.43 Å². The number of aliphatic carboxylic acids is 1. The van der Waals surface area contributed by atoms with Gasteiger partial charge in [-0.15, -0.1) is 0 Å². The zero-order valence-electron chi connectivity index (χ0n) is 12.5. The van der Waals surface area contributed by atoms with Crippen LogP contribution < -0.4 is 5.43 Å². The number of hydrogen-bond acceptors (Lipinski definition) is 3. The first kappa shape index (κ1) is 14.8. The number of nitrogens with zero attached hydrogens (tertiary/aromatic N) is 1. The summed E-state index contributed by atoms with van der Waals surface area (Å²) in [5.41, 5.74) is 0.348. The van der Waals surface area contributed by atoms with Crippen molar-refractivity contribution in [2.75, 3.05) is 0 Å². The average Bonchev–Trinajstić information content (AvgIpc) is 2.86. The number of amides is 1. The highest BCUT2D eigenvalue weighted by molar-refractivity contribution is 5.97. The lowest BCUT2D eigenvalue weighted by Crippen LogP contribution is -2.47. The maximum atomic E-state index is 12.8. The zero-order valence-corrected chi connectivity index (χ0v) is 12.5. The average molecular weight is 304 g/mol. The van der Waals surface area contributed by atoms with E-state index >= 15 is 0 Å². The molecule has 0 bridgehead atoms. The number of hydrogen-bond donors (Lipinski definition) is 2. The third-order valence-electron chi connectivity index (χ3n) is 4.90. The van der Waals surface area contributed by atoms with E-state index in [0.29, 0.717) is 12.1 Å². The van der Waals surface area contributed by atoms with Gasteiger partial charge in [-0.2, -0.15) is 0 Å². The van der Waals surface area contributed by atoms with Crippen LogP contribution in [0.4, 0.5) is 0 Å². The second-order valence-electron chi connectivity index (χ2n) is 6.31.